The number of carbonyl (C=O) groups excluding carboxylic acids is 1. The molecule has 126 heavy (non-hydrogen) atoms. The number of fused-ring (bicyclic) bond motifs is 6. The second-order valence-electron chi connectivity index (χ2n) is 32.1. The molecule has 0 aliphatic carbocycles. The molecule has 7 N–H and O–H groups in total. The number of nitrogen functional groups attached to an aromatic ring is 1. The van der Waals surface area contributed by atoms with Crippen molar-refractivity contribution in [2.75, 3.05) is 11.1 Å². The minimum Gasteiger partial charge on any atom is -0.382 e. The Morgan fingerprint density at radius 3 is 1.10 bits per heavy atom. The lowest BCUT2D eigenvalue weighted by Gasteiger charge is -2.22. The van der Waals surface area contributed by atoms with Gasteiger partial charge in [0.2, 0.25) is 0 Å². The van der Waals surface area contributed by atoms with Gasteiger partial charge in [0.25, 0.3) is 0 Å². The number of benzene rings is 9. The van der Waals surface area contributed by atoms with Crippen LogP contribution in [0.5, 0.6) is 0 Å². The third-order valence-electron chi connectivity index (χ3n) is 19.0. The summed E-state index contributed by atoms with van der Waals surface area (Å²) in [6, 6.07) is 57.9. The second kappa shape index (κ2) is 42.5. The number of hydrogen-bond acceptors (Lipinski definition) is 15. The van der Waals surface area contributed by atoms with Gasteiger partial charge in [-0.2, -0.15) is 4.40 Å². The first-order valence-corrected chi connectivity index (χ1v) is 50.1. The molecule has 7 unspecified atom stereocenters. The lowest BCUT2D eigenvalue weighted by Crippen LogP contribution is -2.34. The summed E-state index contributed by atoms with van der Waals surface area (Å²) in [5.41, 5.74) is 16.9. The summed E-state index contributed by atoms with van der Waals surface area (Å²) in [6.07, 6.45) is 6.88. The number of rotatable bonds is 16. The van der Waals surface area contributed by atoms with E-state index < -0.39 is 72.6 Å². The Morgan fingerprint density at radius 2 is 0.746 bits per heavy atom. The van der Waals surface area contributed by atoms with Gasteiger partial charge >= 0.3 is 0 Å². The molecule has 12 nitrogen and oxygen atoms in total. The van der Waals surface area contributed by atoms with Crippen LogP contribution in [-0.4, -0.2) is 48.3 Å². The molecule has 0 radical (unpaired) electrons. The Hall–Kier alpha value is -8.33. The van der Waals surface area contributed by atoms with Crippen molar-refractivity contribution in [2.24, 2.45) is 10.1 Å². The monoisotopic (exact) mass is 2060 g/mol. The zero-order valence-electron chi connectivity index (χ0n) is 71.2. The van der Waals surface area contributed by atoms with Gasteiger partial charge in [0.1, 0.15) is 69.4 Å². The molecule has 7 atom stereocenters. The molecule has 656 valence electrons. The van der Waals surface area contributed by atoms with Crippen LogP contribution < -0.4 is 26.2 Å². The molecule has 30 heteroatoms. The third kappa shape index (κ3) is 24.0. The number of nitrogens with one attached hydrogen (secondary N) is 3. The molecule has 0 saturated carbocycles. The van der Waals surface area contributed by atoms with E-state index in [0.717, 1.165) is 119 Å². The van der Waals surface area contributed by atoms with E-state index in [1.807, 2.05) is 211 Å². The quantitative estimate of drug-likeness (QED) is 0.0271. The number of carbonyl (C=O) groups is 1. The number of halogens is 9. The van der Waals surface area contributed by atoms with E-state index in [4.69, 9.17) is 17.9 Å². The van der Waals surface area contributed by atoms with Crippen LogP contribution in [0.15, 0.2) is 224 Å². The molecular formula is C96H91Br3F6N8O4S9. The first-order chi connectivity index (χ1) is 59.5. The molecule has 0 spiro atoms. The van der Waals surface area contributed by atoms with E-state index in [1.165, 1.54) is 79.1 Å². The molecule has 16 aromatic rings. The van der Waals surface area contributed by atoms with E-state index in [9.17, 15) is 43.8 Å². The number of ketones is 1. The summed E-state index contributed by atoms with van der Waals surface area (Å²) in [5.74, 6) is -0.368. The first-order valence-electron chi connectivity index (χ1n) is 39.4. The average Bonchev–Trinajstić information content (AvgIpc) is 1.63. The predicted molar refractivity (Wildman–Crippen MR) is 538 cm³/mol. The van der Waals surface area contributed by atoms with E-state index in [-0.39, 0.29) is 45.3 Å². The van der Waals surface area contributed by atoms with Crippen LogP contribution in [0.3, 0.4) is 0 Å². The molecule has 0 fully saturated rings. The lowest BCUT2D eigenvalue weighted by molar-refractivity contribution is 0.102. The Balaban J connectivity index is 0.000000149. The van der Waals surface area contributed by atoms with Crippen LogP contribution in [-0.2, 0) is 33.0 Å². The summed E-state index contributed by atoms with van der Waals surface area (Å²) in [5, 5.41) is 9.63. The van der Waals surface area contributed by atoms with Gasteiger partial charge in [0.15, 0.2) is 5.78 Å². The standard InChI is InChI=1S/C22H16F2N4S.C20H21F2NOS2.C16H13F2NS.C14H18BrNOS2.C14H16BrNOS2.C10H7BrOS/c1-3-16-21(25)26-11-27-22(16)28-12(2)20-19(13-8-14(23)10-15(24)9-13)17-6-4-5-7-18(17)29-20;1-12(23-26(24)20(2,3)4)19-18(13-9-14(21)11-15(22)10-13)16-7-5-6-8-17(16)25-19;1-9(19)16-15(10-6-11(17)8-12(18)7-10)13-4-2-3-5-14(13)20-16;2*1-9(16-19(17)14(2,3)4)13-12(15)10-7-5-6-8-11(10)18-13;1-6(12)10-9(11)7-4-2-3-5-8(7)13-10/h1,4-12H,2H3,(H3,25,26,27,28);5-12,23H,1-4H3;2-9H,19H2,1H3;5-9,16H,1-4H3;5-8H,1-4H3;2-5H,1H3. The van der Waals surface area contributed by atoms with E-state index >= 15 is 0 Å². The van der Waals surface area contributed by atoms with Gasteiger partial charge in [-0.25, -0.2) is 58.4 Å². The SMILES string of the molecule is C#Cc1c(N)ncnc1NC(C)c1sc2ccccc2c1-c1cc(F)cc(F)c1.CC(=NS(=O)C(C)(C)C)c1sc2ccccc2c1Br.CC(=O)c1sc2ccccc2c1Br.CC(N)c1sc2ccccc2c1-c1cc(F)cc(F)c1.CC(NS(=O)C(C)(C)C)c1sc2ccccc2c1-c1cc(F)cc(F)c1.CC(NS(=O)C(C)(C)C)c1sc2ccccc2c1Br. The Bertz CT molecular complexity index is 6770. The fraction of sp³-hybridized carbons (Fsp3) is 0.229. The van der Waals surface area contributed by atoms with E-state index in [1.54, 1.807) is 63.6 Å². The van der Waals surface area contributed by atoms with Crippen LogP contribution in [0.4, 0.5) is 38.0 Å². The molecule has 16 rings (SSSR count). The largest absolute Gasteiger partial charge is 0.382 e. The highest BCUT2D eigenvalue weighted by Crippen LogP contribution is 2.48. The summed E-state index contributed by atoms with van der Waals surface area (Å²) in [6.45, 7) is 28.7. The number of hydrogen-bond donors (Lipinski definition) is 5. The van der Waals surface area contributed by atoms with Crippen LogP contribution in [0.25, 0.3) is 93.9 Å². The van der Waals surface area contributed by atoms with Crippen molar-refractivity contribution in [3.63, 3.8) is 0 Å². The second-order valence-corrected chi connectivity index (χ2v) is 46.8. The first kappa shape index (κ1) is 98.3. The molecule has 0 aliphatic rings. The smallest absolute Gasteiger partial charge is 0.170 e. The van der Waals surface area contributed by atoms with E-state index in [0.29, 0.717) is 28.1 Å². The van der Waals surface area contributed by atoms with Gasteiger partial charge in [0.05, 0.1) is 69.8 Å². The highest BCUT2D eigenvalue weighted by Gasteiger charge is 2.29. The van der Waals surface area contributed by atoms with Gasteiger partial charge in [-0.3, -0.25) is 4.79 Å². The van der Waals surface area contributed by atoms with Crippen molar-refractivity contribution in [1.82, 2.24) is 19.4 Å². The zero-order valence-corrected chi connectivity index (χ0v) is 83.3. The van der Waals surface area contributed by atoms with Crippen molar-refractivity contribution in [3.05, 3.63) is 290 Å². The van der Waals surface area contributed by atoms with Gasteiger partial charge in [-0.05, 0) is 241 Å². The average molecular weight is 2060 g/mol. The molecule has 9 aromatic carbocycles. The highest BCUT2D eigenvalue weighted by molar-refractivity contribution is 9.11. The number of aromatic nitrogens is 2. The molecule has 0 aliphatic heterocycles. The number of Topliss-reactive ketones (excluding diaryl/α,β-unsaturated/α-hetero) is 1. The van der Waals surface area contributed by atoms with Crippen molar-refractivity contribution in [3.8, 4) is 45.7 Å². The number of nitrogens with two attached hydrogens (primary N) is 2. The molecular weight excluding hydrogens is 1970 g/mol. The molecule has 0 amide bonds. The number of terminal acetylenes is 1. The fourth-order valence-corrected chi connectivity index (χ4v) is 25.2. The Morgan fingerprint density at radius 1 is 0.437 bits per heavy atom. The highest BCUT2D eigenvalue weighted by atomic mass is 79.9. The molecule has 0 bridgehead atoms. The Kier molecular flexibility index (Phi) is 33.1. The number of nitrogens with zero attached hydrogens (tertiary/aromatic N) is 3. The van der Waals surface area contributed by atoms with Crippen LogP contribution in [0.1, 0.15) is 168 Å². The van der Waals surface area contributed by atoms with Gasteiger partial charge in [-0.15, -0.1) is 74.4 Å². The van der Waals surface area contributed by atoms with Crippen molar-refractivity contribution in [1.29, 1.82) is 0 Å². The van der Waals surface area contributed by atoms with Crippen molar-refractivity contribution < 1.29 is 43.8 Å². The molecule has 0 saturated heterocycles. The Labute approximate surface area is 786 Å². The lowest BCUT2D eigenvalue weighted by atomic mass is 9.99. The zero-order chi connectivity index (χ0) is 91.7. The van der Waals surface area contributed by atoms with Crippen LogP contribution in [0.2, 0.25) is 0 Å². The third-order valence-corrected chi connectivity index (χ3v) is 35.1. The van der Waals surface area contributed by atoms with Gasteiger partial charge in [0, 0.05) is 134 Å². The van der Waals surface area contributed by atoms with Gasteiger partial charge < -0.3 is 16.8 Å². The summed E-state index contributed by atoms with van der Waals surface area (Å²) < 4.78 is 139. The topological polar surface area (TPSA) is 195 Å². The molecule has 7 heterocycles. The maximum atomic E-state index is 13.9. The van der Waals surface area contributed by atoms with Crippen molar-refractivity contribution in [2.45, 2.75) is 142 Å². The van der Waals surface area contributed by atoms with Crippen molar-refractivity contribution >= 4 is 232 Å². The predicted octanol–water partition coefficient (Wildman–Crippen LogP) is 29.8. The number of thiophene rings is 6. The van der Waals surface area contributed by atoms with E-state index in [2.05, 4.69) is 114 Å². The minimum absolute atomic E-state index is 0.0619. The maximum Gasteiger partial charge on any atom is 0.170 e. The molecule has 7 aromatic heterocycles. The van der Waals surface area contributed by atoms with Crippen LogP contribution in [0, 0.1) is 47.2 Å². The summed E-state index contributed by atoms with van der Waals surface area (Å²) in [7, 11) is -3.54. The maximum absolute atomic E-state index is 13.9. The number of anilines is 2. The van der Waals surface area contributed by atoms with Crippen LogP contribution >= 0.6 is 116 Å². The summed E-state index contributed by atoms with van der Waals surface area (Å²) in [4.78, 5) is 25.1. The minimum atomic E-state index is -1.25. The normalized spacial score (nSPS) is 13.5. The summed E-state index contributed by atoms with van der Waals surface area (Å²) >= 11 is 20.3. The van der Waals surface area contributed by atoms with Gasteiger partial charge in [-0.1, -0.05) is 115 Å². The fourth-order valence-electron chi connectivity index (χ4n) is 12.9.